The maximum absolute atomic E-state index is 5.82. The Morgan fingerprint density at radius 3 is 2.65 bits per heavy atom. The van der Waals surface area contributed by atoms with Gasteiger partial charge < -0.3 is 0 Å². The van der Waals surface area contributed by atoms with Crippen LogP contribution in [0.4, 0.5) is 0 Å². The van der Waals surface area contributed by atoms with Gasteiger partial charge in [0.25, 0.3) is 0 Å². The average molecular weight is 250 g/mol. The lowest BCUT2D eigenvalue weighted by Crippen LogP contribution is -2.02. The van der Waals surface area contributed by atoms with Crippen molar-refractivity contribution in [1.29, 1.82) is 0 Å². The van der Waals surface area contributed by atoms with Gasteiger partial charge in [-0.05, 0) is 30.5 Å². The van der Waals surface area contributed by atoms with Crippen LogP contribution >= 0.6 is 11.6 Å². The number of hydrogen-bond acceptors (Lipinski definition) is 2. The first-order valence-electron chi connectivity index (χ1n) is 5.86. The van der Waals surface area contributed by atoms with Crippen molar-refractivity contribution in [2.24, 2.45) is 0 Å². The summed E-state index contributed by atoms with van der Waals surface area (Å²) in [5, 5.41) is 4.58. The molecule has 2 heterocycles. The van der Waals surface area contributed by atoms with E-state index in [4.69, 9.17) is 11.6 Å². The Morgan fingerprint density at radius 1 is 1.18 bits per heavy atom. The van der Waals surface area contributed by atoms with E-state index in [9.17, 15) is 0 Å². The highest BCUT2D eigenvalue weighted by atomic mass is 35.5. The molecule has 0 aliphatic carbocycles. The smallest absolute Gasteiger partial charge is 0.0835 e. The fourth-order valence-corrected chi connectivity index (χ4v) is 1.93. The number of pyridine rings is 1. The van der Waals surface area contributed by atoms with E-state index in [2.05, 4.69) is 30.0 Å². The highest BCUT2D eigenvalue weighted by Gasteiger charge is 2.07. The van der Waals surface area contributed by atoms with Gasteiger partial charge in [-0.1, -0.05) is 13.8 Å². The summed E-state index contributed by atoms with van der Waals surface area (Å²) in [5.41, 5.74) is 4.31. The molecule has 0 atom stereocenters. The first kappa shape index (κ1) is 12.1. The van der Waals surface area contributed by atoms with Crippen molar-refractivity contribution in [3.8, 4) is 5.69 Å². The van der Waals surface area contributed by atoms with Crippen LogP contribution in [-0.2, 0) is 18.7 Å². The lowest BCUT2D eigenvalue weighted by atomic mass is 10.2. The molecule has 0 fully saturated rings. The van der Waals surface area contributed by atoms with Gasteiger partial charge >= 0.3 is 0 Å². The minimum Gasteiger partial charge on any atom is -0.262 e. The molecule has 0 N–H and O–H groups in total. The van der Waals surface area contributed by atoms with Crippen LogP contribution < -0.4 is 0 Å². The fraction of sp³-hybridized carbons (Fsp3) is 0.385. The molecule has 0 bridgehead atoms. The Bertz CT molecular complexity index is 505. The van der Waals surface area contributed by atoms with Crippen LogP contribution in [0.3, 0.4) is 0 Å². The highest BCUT2D eigenvalue weighted by molar-refractivity contribution is 6.17. The van der Waals surface area contributed by atoms with Gasteiger partial charge in [0.1, 0.15) is 0 Å². The zero-order valence-corrected chi connectivity index (χ0v) is 10.9. The van der Waals surface area contributed by atoms with Crippen LogP contribution in [0.25, 0.3) is 5.69 Å². The van der Waals surface area contributed by atoms with Crippen LogP contribution in [0.1, 0.15) is 30.8 Å². The third kappa shape index (κ3) is 2.50. The number of aryl methyl sites for hydroxylation is 2. The molecule has 3 nitrogen and oxygen atoms in total. The van der Waals surface area contributed by atoms with E-state index in [-0.39, 0.29) is 0 Å². The topological polar surface area (TPSA) is 30.7 Å². The van der Waals surface area contributed by atoms with Crippen LogP contribution in [0.2, 0.25) is 0 Å². The number of hydrogen-bond donors (Lipinski definition) is 0. The summed E-state index contributed by atoms with van der Waals surface area (Å²) in [6.45, 7) is 4.24. The van der Waals surface area contributed by atoms with Gasteiger partial charge in [0.2, 0.25) is 0 Å². The summed E-state index contributed by atoms with van der Waals surface area (Å²) >= 11 is 5.82. The number of rotatable bonds is 4. The number of halogens is 1. The lowest BCUT2D eigenvalue weighted by Gasteiger charge is -2.06. The molecule has 2 aromatic rings. The molecule has 0 aliphatic rings. The van der Waals surface area contributed by atoms with Crippen LogP contribution in [0, 0.1) is 0 Å². The van der Waals surface area contributed by atoms with E-state index in [1.54, 1.807) is 6.20 Å². The third-order valence-corrected chi connectivity index (χ3v) is 3.05. The Labute approximate surface area is 106 Å². The van der Waals surface area contributed by atoms with Gasteiger partial charge in [-0.3, -0.25) is 4.98 Å². The van der Waals surface area contributed by atoms with Gasteiger partial charge in [0.05, 0.1) is 17.6 Å². The molecule has 17 heavy (non-hydrogen) atoms. The standard InChI is InChI=1S/C13H16ClN3/c1-3-11-6-12(4-2)17(16-11)13-5-10(7-14)8-15-9-13/h5-6,8-9H,3-4,7H2,1-2H3. The minimum atomic E-state index is 0.476. The second-order valence-corrected chi connectivity index (χ2v) is 4.20. The SMILES string of the molecule is CCc1cc(CC)n(-c2cncc(CCl)c2)n1. The predicted molar refractivity (Wildman–Crippen MR) is 69.7 cm³/mol. The minimum absolute atomic E-state index is 0.476. The van der Waals surface area contributed by atoms with Crippen LogP contribution in [0.5, 0.6) is 0 Å². The molecule has 0 aromatic carbocycles. The summed E-state index contributed by atoms with van der Waals surface area (Å²) in [5.74, 6) is 0.476. The van der Waals surface area contributed by atoms with Crippen molar-refractivity contribution >= 4 is 11.6 Å². The fourth-order valence-electron chi connectivity index (χ4n) is 1.79. The van der Waals surface area contributed by atoms with Crippen LogP contribution in [-0.4, -0.2) is 14.8 Å². The lowest BCUT2D eigenvalue weighted by molar-refractivity contribution is 0.789. The highest BCUT2D eigenvalue weighted by Crippen LogP contribution is 2.15. The first-order chi connectivity index (χ1) is 8.28. The van der Waals surface area contributed by atoms with Crippen molar-refractivity contribution in [3.63, 3.8) is 0 Å². The zero-order valence-electron chi connectivity index (χ0n) is 10.2. The van der Waals surface area contributed by atoms with E-state index >= 15 is 0 Å². The molecule has 0 radical (unpaired) electrons. The quantitative estimate of drug-likeness (QED) is 0.780. The maximum Gasteiger partial charge on any atom is 0.0835 e. The van der Waals surface area contributed by atoms with Crippen molar-refractivity contribution < 1.29 is 0 Å². The summed E-state index contributed by atoms with van der Waals surface area (Å²) in [6.07, 6.45) is 5.51. The molecule has 0 saturated carbocycles. The van der Waals surface area contributed by atoms with Gasteiger partial charge in [-0.2, -0.15) is 5.10 Å². The molecule has 0 saturated heterocycles. The molecule has 0 amide bonds. The number of alkyl halides is 1. The molecule has 0 spiro atoms. The third-order valence-electron chi connectivity index (χ3n) is 2.74. The predicted octanol–water partition coefficient (Wildman–Crippen LogP) is 3.13. The Kier molecular flexibility index (Phi) is 3.79. The largest absolute Gasteiger partial charge is 0.262 e. The van der Waals surface area contributed by atoms with E-state index in [1.165, 1.54) is 5.69 Å². The second kappa shape index (κ2) is 5.32. The van der Waals surface area contributed by atoms with Gasteiger partial charge in [0.15, 0.2) is 0 Å². The van der Waals surface area contributed by atoms with E-state index < -0.39 is 0 Å². The summed E-state index contributed by atoms with van der Waals surface area (Å²) in [6, 6.07) is 4.18. The zero-order chi connectivity index (χ0) is 12.3. The first-order valence-corrected chi connectivity index (χ1v) is 6.40. The average Bonchev–Trinajstić information content (AvgIpc) is 2.82. The van der Waals surface area contributed by atoms with Crippen molar-refractivity contribution in [1.82, 2.24) is 14.8 Å². The monoisotopic (exact) mass is 249 g/mol. The molecule has 2 aromatic heterocycles. The van der Waals surface area contributed by atoms with Crippen molar-refractivity contribution in [2.75, 3.05) is 0 Å². The molecule has 4 heteroatoms. The Hall–Kier alpha value is -1.35. The summed E-state index contributed by atoms with van der Waals surface area (Å²) < 4.78 is 1.96. The molecular formula is C13H16ClN3. The van der Waals surface area contributed by atoms with Gasteiger partial charge in [0, 0.05) is 17.8 Å². The van der Waals surface area contributed by atoms with E-state index in [1.807, 2.05) is 16.9 Å². The van der Waals surface area contributed by atoms with Gasteiger partial charge in [-0.25, -0.2) is 4.68 Å². The molecule has 0 aliphatic heterocycles. The summed E-state index contributed by atoms with van der Waals surface area (Å²) in [4.78, 5) is 4.20. The molecule has 90 valence electrons. The maximum atomic E-state index is 5.82. The van der Waals surface area contributed by atoms with E-state index in [0.29, 0.717) is 5.88 Å². The number of aromatic nitrogens is 3. The van der Waals surface area contributed by atoms with E-state index in [0.717, 1.165) is 29.8 Å². The Balaban J connectivity index is 2.47. The van der Waals surface area contributed by atoms with Crippen molar-refractivity contribution in [3.05, 3.63) is 41.5 Å². The normalized spacial score (nSPS) is 10.8. The summed E-state index contributed by atoms with van der Waals surface area (Å²) in [7, 11) is 0. The Morgan fingerprint density at radius 2 is 2.00 bits per heavy atom. The molecule has 2 rings (SSSR count). The van der Waals surface area contributed by atoms with Gasteiger partial charge in [-0.15, -0.1) is 11.6 Å². The van der Waals surface area contributed by atoms with Crippen LogP contribution in [0.15, 0.2) is 24.5 Å². The van der Waals surface area contributed by atoms with Crippen molar-refractivity contribution in [2.45, 2.75) is 32.6 Å². The molecule has 0 unspecified atom stereocenters. The second-order valence-electron chi connectivity index (χ2n) is 3.93. The number of nitrogens with zero attached hydrogens (tertiary/aromatic N) is 3. The molecular weight excluding hydrogens is 234 g/mol.